The van der Waals surface area contributed by atoms with Crippen LogP contribution < -0.4 is 10.4 Å². The minimum atomic E-state index is -4.09. The van der Waals surface area contributed by atoms with Crippen LogP contribution in [-0.2, 0) is 28.9 Å². The van der Waals surface area contributed by atoms with E-state index in [4.69, 9.17) is 14.0 Å². The van der Waals surface area contributed by atoms with Crippen LogP contribution in [-0.4, -0.2) is 72.8 Å². The molecule has 1 aromatic heterocycles. The Kier molecular flexibility index (Phi) is 7.27. The molecule has 2 saturated heterocycles. The highest BCUT2D eigenvalue weighted by atomic mass is 32.2. The van der Waals surface area contributed by atoms with Crippen LogP contribution >= 0.6 is 0 Å². The molecule has 0 spiro atoms. The Bertz CT molecular complexity index is 1640. The predicted octanol–water partition coefficient (Wildman–Crippen LogP) is 4.07. The number of rotatable bonds is 4. The molecule has 0 radical (unpaired) electrons. The van der Waals surface area contributed by atoms with Crippen LogP contribution in [0.2, 0.25) is 0 Å². The quantitative estimate of drug-likeness (QED) is 0.419. The van der Waals surface area contributed by atoms with Crippen molar-refractivity contribution < 1.29 is 32.1 Å². The normalized spacial score (nSPS) is 19.0. The van der Waals surface area contributed by atoms with Crippen LogP contribution in [0.25, 0.3) is 10.9 Å². The molecule has 2 aliphatic rings. The van der Waals surface area contributed by atoms with Crippen LogP contribution in [0.15, 0.2) is 53.6 Å². The number of hydrogen-bond donors (Lipinski definition) is 0. The van der Waals surface area contributed by atoms with Crippen molar-refractivity contribution in [2.24, 2.45) is 0 Å². The average Bonchev–Trinajstić information content (AvgIpc) is 3.37. The molecule has 12 heteroatoms. The summed E-state index contributed by atoms with van der Waals surface area (Å²) in [6.45, 7) is 15.1. The lowest BCUT2D eigenvalue weighted by atomic mass is 9.79. The second kappa shape index (κ2) is 10.1. The summed E-state index contributed by atoms with van der Waals surface area (Å²) in [4.78, 5) is 29.1. The van der Waals surface area contributed by atoms with Gasteiger partial charge in [0.2, 0.25) is 5.91 Å². The fourth-order valence-electron chi connectivity index (χ4n) is 5.06. The number of aryl methyl sites for hydroxylation is 1. The van der Waals surface area contributed by atoms with Gasteiger partial charge in [0.05, 0.1) is 27.3 Å². The van der Waals surface area contributed by atoms with E-state index in [9.17, 15) is 18.0 Å². The Morgan fingerprint density at radius 2 is 1.60 bits per heavy atom. The van der Waals surface area contributed by atoms with Crippen LogP contribution in [0.1, 0.15) is 54.0 Å². The van der Waals surface area contributed by atoms with E-state index in [-0.39, 0.29) is 30.4 Å². The third-order valence-electron chi connectivity index (χ3n) is 8.05. The number of carbonyl (C=O) groups excluding carboxylic acids is 2. The monoisotopic (exact) mass is 595 g/mol. The van der Waals surface area contributed by atoms with Gasteiger partial charge in [-0.25, -0.2) is 17.2 Å². The number of carbonyl (C=O) groups is 2. The minimum Gasteiger partial charge on any atom is -0.444 e. The molecule has 0 unspecified atom stereocenters. The molecule has 5 rings (SSSR count). The van der Waals surface area contributed by atoms with Gasteiger partial charge in [-0.1, -0.05) is 29.8 Å². The topological polar surface area (TPSA) is 107 Å². The Morgan fingerprint density at radius 3 is 2.17 bits per heavy atom. The molecule has 0 N–H and O–H groups in total. The van der Waals surface area contributed by atoms with Gasteiger partial charge in [0.1, 0.15) is 12.1 Å². The first kappa shape index (κ1) is 30.1. The highest BCUT2D eigenvalue weighted by molar-refractivity contribution is 7.90. The van der Waals surface area contributed by atoms with Gasteiger partial charge in [0, 0.05) is 30.1 Å². The van der Waals surface area contributed by atoms with Gasteiger partial charge >= 0.3 is 13.2 Å². The van der Waals surface area contributed by atoms with Gasteiger partial charge in [0.15, 0.2) is 0 Å². The summed E-state index contributed by atoms with van der Waals surface area (Å²) < 4.78 is 47.6. The molecule has 42 heavy (non-hydrogen) atoms. The summed E-state index contributed by atoms with van der Waals surface area (Å²) in [7, 11) is -4.92. The van der Waals surface area contributed by atoms with E-state index in [1.807, 2.05) is 40.7 Å². The van der Waals surface area contributed by atoms with Gasteiger partial charge in [-0.15, -0.1) is 0 Å². The maximum atomic E-state index is 14.1. The smallest absolute Gasteiger partial charge is 0.444 e. The molecular weight excluding hydrogens is 557 g/mol. The second-order valence-corrected chi connectivity index (χ2v) is 14.7. The van der Waals surface area contributed by atoms with E-state index in [1.54, 1.807) is 57.2 Å². The first-order valence-electron chi connectivity index (χ1n) is 14.0. The Balaban J connectivity index is 1.62. The molecule has 0 saturated carbocycles. The van der Waals surface area contributed by atoms with E-state index in [2.05, 4.69) is 0 Å². The number of aromatic nitrogens is 1. The van der Waals surface area contributed by atoms with Crippen molar-refractivity contribution >= 4 is 51.2 Å². The Labute approximate surface area is 247 Å². The van der Waals surface area contributed by atoms with Crippen molar-refractivity contribution in [1.29, 1.82) is 0 Å². The number of benzene rings is 2. The molecule has 3 heterocycles. The van der Waals surface area contributed by atoms with E-state index < -0.39 is 40.0 Å². The van der Waals surface area contributed by atoms with Crippen LogP contribution in [0, 0.1) is 6.92 Å². The van der Waals surface area contributed by atoms with E-state index in [1.165, 1.54) is 20.0 Å². The fourth-order valence-corrected chi connectivity index (χ4v) is 6.45. The number of fused-ring (bicyclic) bond motifs is 1. The van der Waals surface area contributed by atoms with Gasteiger partial charge in [-0.2, -0.15) is 0 Å². The fraction of sp³-hybridized carbons (Fsp3) is 0.467. The zero-order valence-corrected chi connectivity index (χ0v) is 26.2. The lowest BCUT2D eigenvalue weighted by molar-refractivity contribution is -0.121. The first-order chi connectivity index (χ1) is 19.4. The summed E-state index contributed by atoms with van der Waals surface area (Å²) in [5.41, 5.74) is 0.236. The molecule has 0 bridgehead atoms. The minimum absolute atomic E-state index is 0.112. The summed E-state index contributed by atoms with van der Waals surface area (Å²) >= 11 is 0. The van der Waals surface area contributed by atoms with Crippen LogP contribution in [0.4, 0.5) is 10.5 Å². The number of nitrogens with zero attached hydrogens (tertiary/aromatic N) is 3. The predicted molar refractivity (Wildman–Crippen MR) is 162 cm³/mol. The van der Waals surface area contributed by atoms with Gasteiger partial charge in [-0.3, -0.25) is 9.69 Å². The zero-order chi connectivity index (χ0) is 30.8. The van der Waals surface area contributed by atoms with Crippen molar-refractivity contribution in [3.8, 4) is 0 Å². The maximum Gasteiger partial charge on any atom is 0.497 e. The first-order valence-corrected chi connectivity index (χ1v) is 15.5. The molecule has 2 aromatic carbocycles. The number of piperazine rings is 1. The number of anilines is 1. The lowest BCUT2D eigenvalue weighted by Gasteiger charge is -2.35. The van der Waals surface area contributed by atoms with Crippen molar-refractivity contribution in [2.75, 3.05) is 24.5 Å². The number of para-hydroxylation sites is 1. The zero-order valence-electron chi connectivity index (χ0n) is 25.4. The Hall–Kier alpha value is -3.35. The molecular formula is C30H38BN3O7S. The van der Waals surface area contributed by atoms with Crippen molar-refractivity contribution in [2.45, 2.75) is 77.1 Å². The lowest BCUT2D eigenvalue weighted by Crippen LogP contribution is -2.53. The van der Waals surface area contributed by atoms with Crippen LogP contribution in [0.5, 0.6) is 0 Å². The third-order valence-corrected chi connectivity index (χ3v) is 9.72. The third kappa shape index (κ3) is 5.31. The van der Waals surface area contributed by atoms with E-state index >= 15 is 0 Å². The molecule has 2 aliphatic heterocycles. The molecule has 224 valence electrons. The summed E-state index contributed by atoms with van der Waals surface area (Å²) in [5.74, 6) is -0.350. The van der Waals surface area contributed by atoms with Gasteiger partial charge < -0.3 is 18.9 Å². The molecule has 2 amide bonds. The largest absolute Gasteiger partial charge is 0.497 e. The highest BCUT2D eigenvalue weighted by Crippen LogP contribution is 2.38. The Morgan fingerprint density at radius 1 is 0.976 bits per heavy atom. The van der Waals surface area contributed by atoms with Crippen LogP contribution in [0.3, 0.4) is 0 Å². The number of hydrogen-bond acceptors (Lipinski definition) is 7. The second-order valence-electron chi connectivity index (χ2n) is 12.9. The van der Waals surface area contributed by atoms with Crippen molar-refractivity contribution in [3.05, 3.63) is 54.2 Å². The SMILES string of the molecule is Cc1ccc(S(=O)(=O)n2cc(B3OC(C)(C)C(C)(C)O3)c3cccc(N4CCN(C(=O)OC(C)(C)C)CC4=O)c32)cc1. The molecule has 2 fully saturated rings. The van der Waals surface area contributed by atoms with E-state index in [0.717, 1.165) is 5.56 Å². The summed E-state index contributed by atoms with van der Waals surface area (Å²) in [5, 5.41) is 0.587. The average molecular weight is 596 g/mol. The molecule has 10 nitrogen and oxygen atoms in total. The summed E-state index contributed by atoms with van der Waals surface area (Å²) in [6.07, 6.45) is 0.967. The molecule has 3 aromatic rings. The number of amides is 2. The van der Waals surface area contributed by atoms with E-state index in [0.29, 0.717) is 22.1 Å². The maximum absolute atomic E-state index is 14.1. The summed E-state index contributed by atoms with van der Waals surface area (Å²) in [6, 6.07) is 11.9. The van der Waals surface area contributed by atoms with Gasteiger partial charge in [0.25, 0.3) is 10.0 Å². The molecule has 0 atom stereocenters. The number of ether oxygens (including phenoxy) is 1. The van der Waals surface area contributed by atoms with Crippen molar-refractivity contribution in [1.82, 2.24) is 8.87 Å². The molecule has 0 aliphatic carbocycles. The highest BCUT2D eigenvalue weighted by Gasteiger charge is 2.53. The standard InChI is InChI=1S/C30H38BN3O7S/c1-20-12-14-21(15-13-20)42(37,38)34-18-23(31-40-29(5,6)30(7,8)41-31)22-10-9-11-24(26(22)34)33-17-16-32(19-25(33)35)27(36)39-28(2,3)4/h9-15,18H,16-17,19H2,1-8H3. The van der Waals surface area contributed by atoms with Gasteiger partial charge in [-0.05, 0) is 73.6 Å². The van der Waals surface area contributed by atoms with Crippen molar-refractivity contribution in [3.63, 3.8) is 0 Å².